The van der Waals surface area contributed by atoms with Crippen molar-refractivity contribution in [2.45, 2.75) is 0 Å². The van der Waals surface area contributed by atoms with Gasteiger partial charge in [-0.25, -0.2) is 9.97 Å². The van der Waals surface area contributed by atoms with Gasteiger partial charge in [-0.15, -0.1) is 11.3 Å². The molecule has 0 bridgehead atoms. The normalized spacial score (nSPS) is 10.5. The van der Waals surface area contributed by atoms with Crippen molar-refractivity contribution in [3.8, 4) is 10.7 Å². The maximum absolute atomic E-state index is 5.70. The van der Waals surface area contributed by atoms with Gasteiger partial charge in [0.2, 0.25) is 0 Å². The Morgan fingerprint density at radius 2 is 2.42 bits per heavy atom. The maximum Gasteiger partial charge on any atom is 0.143 e. The van der Waals surface area contributed by atoms with Gasteiger partial charge in [0.25, 0.3) is 0 Å². The van der Waals surface area contributed by atoms with E-state index in [1.54, 1.807) is 12.5 Å². The first-order chi connectivity index (χ1) is 5.77. The number of thiazole rings is 1. The van der Waals surface area contributed by atoms with E-state index in [2.05, 4.69) is 9.97 Å². The van der Waals surface area contributed by atoms with Crippen molar-refractivity contribution in [2.24, 2.45) is 7.05 Å². The molecule has 62 valence electrons. The molecule has 0 amide bonds. The lowest BCUT2D eigenvalue weighted by Crippen LogP contribution is -1.87. The van der Waals surface area contributed by atoms with Gasteiger partial charge in [0.15, 0.2) is 0 Å². The molecule has 0 aromatic carbocycles. The first-order valence-corrected chi connectivity index (χ1v) is 4.61. The van der Waals surface area contributed by atoms with Crippen LogP contribution < -0.4 is 0 Å². The Kier molecular flexibility index (Phi) is 1.86. The van der Waals surface area contributed by atoms with Crippen LogP contribution >= 0.6 is 22.9 Å². The van der Waals surface area contributed by atoms with Gasteiger partial charge in [0.05, 0.1) is 18.2 Å². The molecule has 0 spiro atoms. The number of rotatable bonds is 1. The molecule has 0 saturated carbocycles. The van der Waals surface area contributed by atoms with Crippen molar-refractivity contribution in [1.29, 1.82) is 0 Å². The minimum atomic E-state index is 0.538. The van der Waals surface area contributed by atoms with Crippen molar-refractivity contribution in [2.75, 3.05) is 0 Å². The SMILES string of the molecule is Cn1cncc1-c1nc(Cl)cs1. The molecule has 0 unspecified atom stereocenters. The van der Waals surface area contributed by atoms with Crippen LogP contribution in [0, 0.1) is 0 Å². The molecule has 0 saturated heterocycles. The first kappa shape index (κ1) is 7.76. The van der Waals surface area contributed by atoms with Crippen LogP contribution in [0.2, 0.25) is 5.15 Å². The molecule has 2 aromatic rings. The number of hydrogen-bond donors (Lipinski definition) is 0. The largest absolute Gasteiger partial charge is 0.332 e. The van der Waals surface area contributed by atoms with Crippen LogP contribution in [0.5, 0.6) is 0 Å². The molecule has 0 aliphatic carbocycles. The molecule has 0 fully saturated rings. The fraction of sp³-hybridized carbons (Fsp3) is 0.143. The van der Waals surface area contributed by atoms with Crippen LogP contribution in [0.4, 0.5) is 0 Å². The number of hydrogen-bond acceptors (Lipinski definition) is 3. The second-order valence-electron chi connectivity index (χ2n) is 2.37. The molecule has 0 aliphatic heterocycles. The Morgan fingerprint density at radius 1 is 1.58 bits per heavy atom. The van der Waals surface area contributed by atoms with E-state index in [-0.39, 0.29) is 0 Å². The molecule has 2 heterocycles. The van der Waals surface area contributed by atoms with Crippen LogP contribution in [0.25, 0.3) is 10.7 Å². The van der Waals surface area contributed by atoms with Crippen molar-refractivity contribution < 1.29 is 0 Å². The standard InChI is InChI=1S/C7H6ClN3S/c1-11-4-9-2-5(11)7-10-6(8)3-12-7/h2-4H,1H3. The van der Waals surface area contributed by atoms with Crippen molar-refractivity contribution in [3.05, 3.63) is 23.1 Å². The Hall–Kier alpha value is -0.870. The summed E-state index contributed by atoms with van der Waals surface area (Å²) >= 11 is 7.22. The Balaban J connectivity index is 2.50. The highest BCUT2D eigenvalue weighted by Crippen LogP contribution is 2.24. The van der Waals surface area contributed by atoms with Gasteiger partial charge < -0.3 is 4.57 Å². The Morgan fingerprint density at radius 3 is 2.92 bits per heavy atom. The second kappa shape index (κ2) is 2.88. The molecule has 12 heavy (non-hydrogen) atoms. The Bertz CT molecular complexity index is 393. The average Bonchev–Trinajstić information content (AvgIpc) is 2.58. The highest BCUT2D eigenvalue weighted by molar-refractivity contribution is 7.13. The van der Waals surface area contributed by atoms with Gasteiger partial charge in [-0.05, 0) is 0 Å². The lowest BCUT2D eigenvalue weighted by Gasteiger charge is -1.94. The maximum atomic E-state index is 5.70. The van der Waals surface area contributed by atoms with Gasteiger partial charge in [0, 0.05) is 12.4 Å². The smallest absolute Gasteiger partial charge is 0.143 e. The summed E-state index contributed by atoms with van der Waals surface area (Å²) in [7, 11) is 1.93. The minimum Gasteiger partial charge on any atom is -0.332 e. The van der Waals surface area contributed by atoms with Gasteiger partial charge in [-0.1, -0.05) is 11.6 Å². The number of aromatic nitrogens is 3. The number of nitrogens with zero attached hydrogens (tertiary/aromatic N) is 3. The van der Waals surface area contributed by atoms with Gasteiger partial charge in [0.1, 0.15) is 10.2 Å². The van der Waals surface area contributed by atoms with Crippen molar-refractivity contribution in [1.82, 2.24) is 14.5 Å². The lowest BCUT2D eigenvalue weighted by atomic mass is 10.5. The van der Waals surface area contributed by atoms with Gasteiger partial charge >= 0.3 is 0 Å². The van der Waals surface area contributed by atoms with Crippen molar-refractivity contribution >= 4 is 22.9 Å². The Labute approximate surface area is 78.7 Å². The van der Waals surface area contributed by atoms with E-state index >= 15 is 0 Å². The first-order valence-electron chi connectivity index (χ1n) is 3.35. The fourth-order valence-electron chi connectivity index (χ4n) is 0.935. The zero-order valence-corrected chi connectivity index (χ0v) is 7.93. The monoisotopic (exact) mass is 199 g/mol. The van der Waals surface area contributed by atoms with Crippen LogP contribution in [-0.2, 0) is 7.05 Å². The highest BCUT2D eigenvalue weighted by atomic mass is 35.5. The number of halogens is 1. The van der Waals surface area contributed by atoms with Crippen molar-refractivity contribution in [3.63, 3.8) is 0 Å². The van der Waals surface area contributed by atoms with E-state index < -0.39 is 0 Å². The summed E-state index contributed by atoms with van der Waals surface area (Å²) in [4.78, 5) is 8.13. The van der Waals surface area contributed by atoms with Crippen LogP contribution in [0.15, 0.2) is 17.9 Å². The lowest BCUT2D eigenvalue weighted by molar-refractivity contribution is 0.920. The summed E-state index contributed by atoms with van der Waals surface area (Å²) in [6.45, 7) is 0. The quantitative estimate of drug-likeness (QED) is 0.705. The summed E-state index contributed by atoms with van der Waals surface area (Å²) in [5.41, 5.74) is 0.993. The highest BCUT2D eigenvalue weighted by Gasteiger charge is 2.05. The topological polar surface area (TPSA) is 30.7 Å². The zero-order valence-electron chi connectivity index (χ0n) is 6.36. The summed E-state index contributed by atoms with van der Waals surface area (Å²) in [6.07, 6.45) is 3.51. The molecule has 0 radical (unpaired) electrons. The predicted octanol–water partition coefficient (Wildman–Crippen LogP) is 2.20. The number of aryl methyl sites for hydroxylation is 1. The molecule has 0 atom stereocenters. The summed E-state index contributed by atoms with van der Waals surface area (Å²) in [5, 5.41) is 3.25. The number of imidazole rings is 1. The molecule has 5 heteroatoms. The van der Waals surface area contributed by atoms with E-state index in [1.807, 2.05) is 17.0 Å². The third-order valence-electron chi connectivity index (χ3n) is 1.51. The van der Waals surface area contributed by atoms with Crippen LogP contribution in [0.3, 0.4) is 0 Å². The van der Waals surface area contributed by atoms with E-state index in [1.165, 1.54) is 11.3 Å². The second-order valence-corrected chi connectivity index (χ2v) is 3.61. The fourth-order valence-corrected chi connectivity index (χ4v) is 1.93. The van der Waals surface area contributed by atoms with Crippen LogP contribution in [0.1, 0.15) is 0 Å². The zero-order chi connectivity index (χ0) is 8.55. The summed E-state index contributed by atoms with van der Waals surface area (Å²) in [6, 6.07) is 0. The average molecular weight is 200 g/mol. The summed E-state index contributed by atoms with van der Waals surface area (Å²) < 4.78 is 1.91. The third-order valence-corrected chi connectivity index (χ3v) is 2.70. The van der Waals surface area contributed by atoms with Crippen LogP contribution in [-0.4, -0.2) is 14.5 Å². The molecular weight excluding hydrogens is 194 g/mol. The molecule has 2 aromatic heterocycles. The van der Waals surface area contributed by atoms with E-state index in [0.717, 1.165) is 10.7 Å². The van der Waals surface area contributed by atoms with Gasteiger partial charge in [-0.2, -0.15) is 0 Å². The third kappa shape index (κ3) is 1.23. The van der Waals surface area contributed by atoms with Gasteiger partial charge in [-0.3, -0.25) is 0 Å². The molecule has 3 nitrogen and oxygen atoms in total. The van der Waals surface area contributed by atoms with E-state index in [9.17, 15) is 0 Å². The molecule has 0 aliphatic rings. The molecule has 0 N–H and O–H groups in total. The van der Waals surface area contributed by atoms with E-state index in [4.69, 9.17) is 11.6 Å². The van der Waals surface area contributed by atoms with E-state index in [0.29, 0.717) is 5.15 Å². The summed E-state index contributed by atoms with van der Waals surface area (Å²) in [5.74, 6) is 0. The molecular formula is C7H6ClN3S. The minimum absolute atomic E-state index is 0.538. The molecule has 2 rings (SSSR count). The predicted molar refractivity (Wildman–Crippen MR) is 49.3 cm³/mol.